The van der Waals surface area contributed by atoms with Crippen LogP contribution in [-0.4, -0.2) is 54.7 Å². The summed E-state index contributed by atoms with van der Waals surface area (Å²) in [6.07, 6.45) is 3.29. The Labute approximate surface area is 138 Å². The average Bonchev–Trinajstić information content (AvgIpc) is 2.90. The van der Waals surface area contributed by atoms with E-state index in [-0.39, 0.29) is 16.8 Å². The van der Waals surface area contributed by atoms with Gasteiger partial charge in [0.15, 0.2) is 0 Å². The molecule has 0 aromatic carbocycles. The number of hydrogen-bond donors (Lipinski definition) is 2. The molecule has 2 atom stereocenters. The number of nitrogens with two attached hydrogens (primary N) is 1. The van der Waals surface area contributed by atoms with Crippen molar-refractivity contribution in [2.24, 2.45) is 18.7 Å². The van der Waals surface area contributed by atoms with Gasteiger partial charge in [-0.2, -0.15) is 9.82 Å². The summed E-state index contributed by atoms with van der Waals surface area (Å²) in [6, 6.07) is -0.854. The van der Waals surface area contributed by atoms with Gasteiger partial charge in [-0.15, -0.1) is 0 Å². The molecule has 1 heterocycles. The van der Waals surface area contributed by atoms with Gasteiger partial charge >= 0.3 is 0 Å². The summed E-state index contributed by atoms with van der Waals surface area (Å²) in [7, 11) is -0.500. The lowest BCUT2D eigenvalue weighted by molar-refractivity contribution is -0.131. The Kier molecular flexibility index (Phi) is 6.72. The van der Waals surface area contributed by atoms with E-state index in [4.69, 9.17) is 5.73 Å². The molecule has 3 N–H and O–H groups in total. The lowest BCUT2D eigenvalue weighted by atomic mass is 10.0. The fourth-order valence-electron chi connectivity index (χ4n) is 2.01. The maximum atomic E-state index is 12.3. The standard InChI is InChI=1S/C14H27N5O3S/c1-10(2)13(15)6-7-18(4)14(20)11(3)17-23(21,22)12-8-16-19(5)9-12/h8-11,13,17H,6-7,15H2,1-5H3. The molecule has 0 bridgehead atoms. The second-order valence-electron chi connectivity index (χ2n) is 6.15. The molecule has 1 aromatic rings. The minimum absolute atomic E-state index is 0.00708. The summed E-state index contributed by atoms with van der Waals surface area (Å²) in [6.45, 7) is 6.06. The van der Waals surface area contributed by atoms with Gasteiger partial charge in [0.2, 0.25) is 15.9 Å². The number of amides is 1. The van der Waals surface area contributed by atoms with Gasteiger partial charge in [-0.3, -0.25) is 9.48 Å². The van der Waals surface area contributed by atoms with Crippen LogP contribution >= 0.6 is 0 Å². The van der Waals surface area contributed by atoms with E-state index in [2.05, 4.69) is 9.82 Å². The second-order valence-corrected chi connectivity index (χ2v) is 7.86. The van der Waals surface area contributed by atoms with E-state index in [1.54, 1.807) is 14.1 Å². The van der Waals surface area contributed by atoms with Crippen LogP contribution in [0.2, 0.25) is 0 Å². The third-order valence-corrected chi connectivity index (χ3v) is 5.22. The smallest absolute Gasteiger partial charge is 0.244 e. The van der Waals surface area contributed by atoms with Gasteiger partial charge in [-0.1, -0.05) is 13.8 Å². The van der Waals surface area contributed by atoms with Crippen LogP contribution in [0, 0.1) is 5.92 Å². The molecule has 0 aliphatic heterocycles. The molecule has 0 saturated carbocycles. The molecule has 2 unspecified atom stereocenters. The normalized spacial score (nSPS) is 14.7. The number of aromatic nitrogens is 2. The maximum absolute atomic E-state index is 12.3. The Balaban J connectivity index is 2.62. The molecule has 1 amide bonds. The van der Waals surface area contributed by atoms with E-state index in [1.807, 2.05) is 13.8 Å². The molecule has 0 fully saturated rings. The third-order valence-electron chi connectivity index (χ3n) is 3.72. The Morgan fingerprint density at radius 2 is 2.04 bits per heavy atom. The number of hydrogen-bond acceptors (Lipinski definition) is 5. The second kappa shape index (κ2) is 7.89. The predicted molar refractivity (Wildman–Crippen MR) is 88.1 cm³/mol. The fourth-order valence-corrected chi connectivity index (χ4v) is 3.19. The number of rotatable bonds is 8. The van der Waals surface area contributed by atoms with Gasteiger partial charge in [-0.05, 0) is 19.3 Å². The van der Waals surface area contributed by atoms with Gasteiger partial charge in [0, 0.05) is 32.9 Å². The average molecular weight is 345 g/mol. The van der Waals surface area contributed by atoms with Crippen molar-refractivity contribution < 1.29 is 13.2 Å². The summed E-state index contributed by atoms with van der Waals surface area (Å²) in [5, 5.41) is 3.82. The molecule has 0 aliphatic carbocycles. The molecule has 132 valence electrons. The van der Waals surface area contributed by atoms with Crippen LogP contribution in [0.4, 0.5) is 0 Å². The SMILES string of the molecule is CC(NS(=O)(=O)c1cnn(C)c1)C(=O)N(C)CCC(N)C(C)C. The zero-order chi connectivity index (χ0) is 17.8. The van der Waals surface area contributed by atoms with E-state index in [9.17, 15) is 13.2 Å². The monoisotopic (exact) mass is 345 g/mol. The number of carbonyl (C=O) groups excluding carboxylic acids is 1. The summed E-state index contributed by atoms with van der Waals surface area (Å²) in [5.74, 6) is 0.0356. The molecular weight excluding hydrogens is 318 g/mol. The molecule has 0 spiro atoms. The molecular formula is C14H27N5O3S. The van der Waals surface area contributed by atoms with Crippen LogP contribution in [0.3, 0.4) is 0 Å². The molecule has 0 saturated heterocycles. The van der Waals surface area contributed by atoms with Gasteiger partial charge in [0.05, 0.1) is 12.2 Å². The van der Waals surface area contributed by atoms with Gasteiger partial charge < -0.3 is 10.6 Å². The molecule has 23 heavy (non-hydrogen) atoms. The van der Waals surface area contributed by atoms with Gasteiger partial charge in [0.25, 0.3) is 0 Å². The molecule has 9 heteroatoms. The summed E-state index contributed by atoms with van der Waals surface area (Å²) in [5.41, 5.74) is 5.96. The first kappa shape index (κ1) is 19.6. The molecule has 1 rings (SSSR count). The highest BCUT2D eigenvalue weighted by atomic mass is 32.2. The number of carbonyl (C=O) groups is 1. The van der Waals surface area contributed by atoms with Crippen LogP contribution in [0.25, 0.3) is 0 Å². The van der Waals surface area contributed by atoms with E-state index in [0.717, 1.165) is 0 Å². The fraction of sp³-hybridized carbons (Fsp3) is 0.714. The highest BCUT2D eigenvalue weighted by Crippen LogP contribution is 2.08. The maximum Gasteiger partial charge on any atom is 0.244 e. The first-order chi connectivity index (χ1) is 10.5. The minimum Gasteiger partial charge on any atom is -0.344 e. The van der Waals surface area contributed by atoms with Crippen LogP contribution in [0.5, 0.6) is 0 Å². The number of likely N-dealkylation sites (N-methyl/N-ethyl adjacent to an activating group) is 1. The number of nitrogens with zero attached hydrogens (tertiary/aromatic N) is 3. The Morgan fingerprint density at radius 3 is 2.52 bits per heavy atom. The van der Waals surface area contributed by atoms with E-state index in [1.165, 1.54) is 28.9 Å². The first-order valence-corrected chi connectivity index (χ1v) is 9.04. The largest absolute Gasteiger partial charge is 0.344 e. The van der Waals surface area contributed by atoms with Crippen LogP contribution < -0.4 is 10.5 Å². The van der Waals surface area contributed by atoms with E-state index >= 15 is 0 Å². The van der Waals surface area contributed by atoms with E-state index < -0.39 is 16.1 Å². The Bertz CT molecular complexity index is 626. The van der Waals surface area contributed by atoms with Gasteiger partial charge in [0.1, 0.15) is 4.90 Å². The van der Waals surface area contributed by atoms with E-state index in [0.29, 0.717) is 18.9 Å². The topological polar surface area (TPSA) is 110 Å². The van der Waals surface area contributed by atoms with Crippen molar-refractivity contribution in [3.05, 3.63) is 12.4 Å². The number of nitrogens with one attached hydrogen (secondary N) is 1. The summed E-state index contributed by atoms with van der Waals surface area (Å²) in [4.78, 5) is 13.8. The first-order valence-electron chi connectivity index (χ1n) is 7.56. The minimum atomic E-state index is -3.77. The Morgan fingerprint density at radius 1 is 1.43 bits per heavy atom. The van der Waals surface area contributed by atoms with Crippen LogP contribution in [-0.2, 0) is 21.9 Å². The molecule has 0 aliphatic rings. The van der Waals surface area contributed by atoms with Gasteiger partial charge in [-0.25, -0.2) is 8.42 Å². The lowest BCUT2D eigenvalue weighted by Crippen LogP contribution is -2.46. The number of aryl methyl sites for hydroxylation is 1. The number of sulfonamides is 1. The zero-order valence-corrected chi connectivity index (χ0v) is 15.2. The van der Waals surface area contributed by atoms with Crippen molar-refractivity contribution >= 4 is 15.9 Å². The van der Waals surface area contributed by atoms with Crippen molar-refractivity contribution in [3.8, 4) is 0 Å². The highest BCUT2D eigenvalue weighted by Gasteiger charge is 2.25. The van der Waals surface area contributed by atoms with Crippen molar-refractivity contribution in [1.29, 1.82) is 0 Å². The van der Waals surface area contributed by atoms with Crippen molar-refractivity contribution in [1.82, 2.24) is 19.4 Å². The molecule has 0 radical (unpaired) electrons. The van der Waals surface area contributed by atoms with Crippen LogP contribution in [0.15, 0.2) is 17.3 Å². The molecule has 8 nitrogen and oxygen atoms in total. The van der Waals surface area contributed by atoms with Crippen molar-refractivity contribution in [3.63, 3.8) is 0 Å². The summed E-state index contributed by atoms with van der Waals surface area (Å²) >= 11 is 0. The highest BCUT2D eigenvalue weighted by molar-refractivity contribution is 7.89. The quantitative estimate of drug-likeness (QED) is 0.685. The Hall–Kier alpha value is -1.45. The molecule has 1 aromatic heterocycles. The third kappa shape index (κ3) is 5.60. The lowest BCUT2D eigenvalue weighted by Gasteiger charge is -2.24. The van der Waals surface area contributed by atoms with Crippen molar-refractivity contribution in [2.45, 2.75) is 44.2 Å². The van der Waals surface area contributed by atoms with Crippen molar-refractivity contribution in [2.75, 3.05) is 13.6 Å². The summed E-state index contributed by atoms with van der Waals surface area (Å²) < 4.78 is 28.1. The van der Waals surface area contributed by atoms with Crippen LogP contribution in [0.1, 0.15) is 27.2 Å². The predicted octanol–water partition coefficient (Wildman–Crippen LogP) is -0.0813. The zero-order valence-electron chi connectivity index (χ0n) is 14.4.